The van der Waals surface area contributed by atoms with Gasteiger partial charge in [-0.3, -0.25) is 9.59 Å². The van der Waals surface area contributed by atoms with Gasteiger partial charge in [-0.2, -0.15) is 0 Å². The number of methoxy groups -OCH3 is 1. The van der Waals surface area contributed by atoms with Crippen LogP contribution in [0.1, 0.15) is 44.5 Å². The average molecular weight is 473 g/mol. The zero-order valence-corrected chi connectivity index (χ0v) is 18.6. The summed E-state index contributed by atoms with van der Waals surface area (Å²) < 4.78 is 6.24. The SMILES string of the molecule is COc1c(C(=O)Nc2sc3c(c2C(N)=O)CC[C@H](C)C3)cc2ccccc2c1Br. The van der Waals surface area contributed by atoms with Crippen molar-refractivity contribution in [2.75, 3.05) is 12.4 Å². The first-order valence-corrected chi connectivity index (χ1v) is 11.0. The highest BCUT2D eigenvalue weighted by Gasteiger charge is 2.28. The number of carbonyl (C=O) groups excluding carboxylic acids is 2. The molecule has 4 rings (SSSR count). The number of anilines is 1. The normalized spacial score (nSPS) is 15.8. The van der Waals surface area contributed by atoms with E-state index in [0.717, 1.165) is 44.9 Å². The molecule has 1 heterocycles. The van der Waals surface area contributed by atoms with E-state index in [0.29, 0.717) is 27.8 Å². The predicted octanol–water partition coefficient (Wildman–Crippen LogP) is 5.15. The van der Waals surface area contributed by atoms with Crippen LogP contribution in [0.2, 0.25) is 0 Å². The summed E-state index contributed by atoms with van der Waals surface area (Å²) in [6.07, 6.45) is 2.73. The molecule has 1 aromatic heterocycles. The van der Waals surface area contributed by atoms with Gasteiger partial charge in [0.05, 0.1) is 22.7 Å². The van der Waals surface area contributed by atoms with Crippen molar-refractivity contribution in [3.05, 3.63) is 56.4 Å². The summed E-state index contributed by atoms with van der Waals surface area (Å²) in [5.41, 5.74) is 7.50. The summed E-state index contributed by atoms with van der Waals surface area (Å²) in [4.78, 5) is 26.5. The Labute approximate surface area is 181 Å². The van der Waals surface area contributed by atoms with Crippen molar-refractivity contribution >= 4 is 54.9 Å². The number of ether oxygens (including phenoxy) is 1. The quantitative estimate of drug-likeness (QED) is 0.550. The van der Waals surface area contributed by atoms with Crippen LogP contribution >= 0.6 is 27.3 Å². The van der Waals surface area contributed by atoms with E-state index in [1.165, 1.54) is 18.4 Å². The first-order valence-electron chi connectivity index (χ1n) is 9.41. The Morgan fingerprint density at radius 2 is 2.07 bits per heavy atom. The van der Waals surface area contributed by atoms with E-state index < -0.39 is 5.91 Å². The second-order valence-electron chi connectivity index (χ2n) is 7.37. The summed E-state index contributed by atoms with van der Waals surface area (Å²) in [5, 5.41) is 5.32. The molecule has 1 atom stereocenters. The van der Waals surface area contributed by atoms with E-state index in [9.17, 15) is 9.59 Å². The maximum absolute atomic E-state index is 13.2. The van der Waals surface area contributed by atoms with Crippen LogP contribution in [-0.2, 0) is 12.8 Å². The number of amides is 2. The number of benzene rings is 2. The van der Waals surface area contributed by atoms with Gasteiger partial charge in [0, 0.05) is 4.88 Å². The smallest absolute Gasteiger partial charge is 0.260 e. The number of hydrogen-bond donors (Lipinski definition) is 2. The molecular weight excluding hydrogens is 452 g/mol. The number of primary amides is 1. The summed E-state index contributed by atoms with van der Waals surface area (Å²) in [5.74, 6) is 0.181. The number of hydrogen-bond acceptors (Lipinski definition) is 4. The maximum Gasteiger partial charge on any atom is 0.260 e. The fraction of sp³-hybridized carbons (Fsp3) is 0.273. The van der Waals surface area contributed by atoms with Gasteiger partial charge in [0.2, 0.25) is 0 Å². The zero-order chi connectivity index (χ0) is 20.7. The van der Waals surface area contributed by atoms with Gasteiger partial charge in [0.15, 0.2) is 0 Å². The van der Waals surface area contributed by atoms with Gasteiger partial charge in [-0.1, -0.05) is 31.2 Å². The van der Waals surface area contributed by atoms with E-state index in [-0.39, 0.29) is 5.91 Å². The van der Waals surface area contributed by atoms with E-state index >= 15 is 0 Å². The first kappa shape index (κ1) is 19.9. The largest absolute Gasteiger partial charge is 0.495 e. The molecule has 5 nitrogen and oxygen atoms in total. The topological polar surface area (TPSA) is 81.4 Å². The third-order valence-corrected chi connectivity index (χ3v) is 7.33. The van der Waals surface area contributed by atoms with Gasteiger partial charge >= 0.3 is 0 Å². The van der Waals surface area contributed by atoms with Crippen molar-refractivity contribution in [1.82, 2.24) is 0 Å². The molecule has 150 valence electrons. The standard InChI is InChI=1S/C22H21BrN2O3S/c1-11-7-8-14-16(9-11)29-22(17(14)20(24)26)25-21(27)15-10-12-5-3-4-6-13(12)18(23)19(15)28-2/h3-6,10-11H,7-9H2,1-2H3,(H2,24,26)(H,25,27)/t11-/m0/s1. The van der Waals surface area contributed by atoms with E-state index in [4.69, 9.17) is 10.5 Å². The van der Waals surface area contributed by atoms with Crippen LogP contribution in [0.15, 0.2) is 34.8 Å². The van der Waals surface area contributed by atoms with Gasteiger partial charge in [-0.15, -0.1) is 11.3 Å². The molecule has 1 aliphatic rings. The molecule has 1 aliphatic carbocycles. The Bertz CT molecular complexity index is 1140. The number of nitrogens with two attached hydrogens (primary N) is 1. The molecule has 29 heavy (non-hydrogen) atoms. The van der Waals surface area contributed by atoms with E-state index in [2.05, 4.69) is 28.2 Å². The Morgan fingerprint density at radius 3 is 2.79 bits per heavy atom. The van der Waals surface area contributed by atoms with Crippen molar-refractivity contribution in [2.24, 2.45) is 11.7 Å². The summed E-state index contributed by atoms with van der Waals surface area (Å²) in [6, 6.07) is 9.55. The van der Waals surface area contributed by atoms with Crippen molar-refractivity contribution in [3.8, 4) is 5.75 Å². The Kier molecular flexibility index (Phi) is 5.36. The lowest BCUT2D eigenvalue weighted by molar-refractivity contribution is 0.1000. The van der Waals surface area contributed by atoms with Gasteiger partial charge in [0.25, 0.3) is 11.8 Å². The summed E-state index contributed by atoms with van der Waals surface area (Å²) >= 11 is 5.01. The van der Waals surface area contributed by atoms with Crippen LogP contribution in [0.5, 0.6) is 5.75 Å². The first-order chi connectivity index (χ1) is 13.9. The lowest BCUT2D eigenvalue weighted by Crippen LogP contribution is -2.19. The highest BCUT2D eigenvalue weighted by Crippen LogP contribution is 2.41. The monoisotopic (exact) mass is 472 g/mol. The van der Waals surface area contributed by atoms with Crippen LogP contribution in [0.3, 0.4) is 0 Å². The summed E-state index contributed by atoms with van der Waals surface area (Å²) in [7, 11) is 1.53. The molecule has 0 spiro atoms. The van der Waals surface area contributed by atoms with E-state index in [1.807, 2.05) is 24.3 Å². The molecule has 0 saturated heterocycles. The third kappa shape index (κ3) is 3.53. The number of nitrogens with one attached hydrogen (secondary N) is 1. The minimum atomic E-state index is -0.501. The summed E-state index contributed by atoms with van der Waals surface area (Å²) in [6.45, 7) is 2.20. The van der Waals surface area contributed by atoms with Crippen LogP contribution in [0, 0.1) is 5.92 Å². The molecule has 0 aliphatic heterocycles. The fourth-order valence-electron chi connectivity index (χ4n) is 3.92. The van der Waals surface area contributed by atoms with E-state index in [1.54, 1.807) is 6.07 Å². The molecule has 7 heteroatoms. The lowest BCUT2D eigenvalue weighted by Gasteiger charge is -2.18. The van der Waals surface area contributed by atoms with Crippen LogP contribution in [0.4, 0.5) is 5.00 Å². The van der Waals surface area contributed by atoms with Crippen LogP contribution in [-0.4, -0.2) is 18.9 Å². The molecule has 3 aromatic rings. The second kappa shape index (κ2) is 7.80. The highest BCUT2D eigenvalue weighted by molar-refractivity contribution is 9.10. The molecule has 3 N–H and O–H groups in total. The van der Waals surface area contributed by atoms with Crippen molar-refractivity contribution in [1.29, 1.82) is 0 Å². The Hall–Kier alpha value is -2.38. The van der Waals surface area contributed by atoms with Crippen LogP contribution < -0.4 is 15.8 Å². The van der Waals surface area contributed by atoms with Gasteiger partial charge in [-0.25, -0.2) is 0 Å². The lowest BCUT2D eigenvalue weighted by atomic mass is 9.88. The predicted molar refractivity (Wildman–Crippen MR) is 120 cm³/mol. The maximum atomic E-state index is 13.2. The zero-order valence-electron chi connectivity index (χ0n) is 16.2. The average Bonchev–Trinajstić information content (AvgIpc) is 3.04. The number of halogens is 1. The van der Waals surface area contributed by atoms with Crippen molar-refractivity contribution < 1.29 is 14.3 Å². The Balaban J connectivity index is 1.77. The molecule has 2 aromatic carbocycles. The molecule has 0 unspecified atom stereocenters. The molecular formula is C22H21BrN2O3S. The number of rotatable bonds is 4. The molecule has 0 bridgehead atoms. The Morgan fingerprint density at radius 1 is 1.31 bits per heavy atom. The van der Waals surface area contributed by atoms with Crippen LogP contribution in [0.25, 0.3) is 10.8 Å². The molecule has 0 saturated carbocycles. The van der Waals surface area contributed by atoms with Gasteiger partial charge in [0.1, 0.15) is 10.8 Å². The second-order valence-corrected chi connectivity index (χ2v) is 9.26. The number of thiophene rings is 1. The third-order valence-electron chi connectivity index (χ3n) is 5.37. The van der Waals surface area contributed by atoms with Crippen molar-refractivity contribution in [3.63, 3.8) is 0 Å². The molecule has 0 fully saturated rings. The highest BCUT2D eigenvalue weighted by atomic mass is 79.9. The fourth-order valence-corrected chi connectivity index (χ4v) is 6.07. The van der Waals surface area contributed by atoms with Crippen molar-refractivity contribution in [2.45, 2.75) is 26.2 Å². The minimum Gasteiger partial charge on any atom is -0.495 e. The molecule has 0 radical (unpaired) electrons. The van der Waals surface area contributed by atoms with Gasteiger partial charge < -0.3 is 15.8 Å². The minimum absolute atomic E-state index is 0.331. The number of carbonyl (C=O) groups is 2. The van der Waals surface area contributed by atoms with Gasteiger partial charge in [-0.05, 0) is 63.5 Å². The number of fused-ring (bicyclic) bond motifs is 2. The molecule has 2 amide bonds.